The summed E-state index contributed by atoms with van der Waals surface area (Å²) in [7, 11) is -0.922. The highest BCUT2D eigenvalue weighted by atomic mass is 31.1. The minimum atomic E-state index is -5.30. The van der Waals surface area contributed by atoms with E-state index >= 15 is 0 Å². The molecule has 36 heavy (non-hydrogen) atoms. The summed E-state index contributed by atoms with van der Waals surface area (Å²) >= 11 is 0. The van der Waals surface area contributed by atoms with E-state index in [1.165, 1.54) is 32.4 Å². The largest absolute Gasteiger partial charge is 0.496 e. The summed E-state index contributed by atoms with van der Waals surface area (Å²) in [6.07, 6.45) is -10.3. The smallest absolute Gasteiger partial charge is 0.434 e. The first-order chi connectivity index (χ1) is 16.8. The molecule has 0 amide bonds. The Morgan fingerprint density at radius 3 is 1.64 bits per heavy atom. The average molecular weight is 535 g/mol. The summed E-state index contributed by atoms with van der Waals surface area (Å²) in [5.41, 5.74) is -6.66. The van der Waals surface area contributed by atoms with Crippen molar-refractivity contribution in [3.8, 4) is 11.5 Å². The lowest BCUT2D eigenvalue weighted by Gasteiger charge is -2.28. The maximum absolute atomic E-state index is 13.8. The fourth-order valence-electron chi connectivity index (χ4n) is 4.52. The van der Waals surface area contributed by atoms with Crippen LogP contribution in [0.1, 0.15) is 63.9 Å². The van der Waals surface area contributed by atoms with E-state index < -0.39 is 53.3 Å². The van der Waals surface area contributed by atoms with Crippen molar-refractivity contribution in [1.29, 1.82) is 0 Å². The van der Waals surface area contributed by atoms with E-state index in [1.807, 2.05) is 0 Å². The van der Waals surface area contributed by atoms with Crippen LogP contribution in [0.3, 0.4) is 0 Å². The number of carbonyl (C=O) groups excluding carboxylic acids is 2. The Bertz CT molecular complexity index is 1130. The highest BCUT2D eigenvalue weighted by Gasteiger charge is 2.62. The van der Waals surface area contributed by atoms with Crippen molar-refractivity contribution in [1.82, 2.24) is 0 Å². The molecule has 1 atom stereocenters. The van der Waals surface area contributed by atoms with Crippen molar-refractivity contribution in [2.24, 2.45) is 0 Å². The molecule has 0 radical (unpaired) electrons. The Morgan fingerprint density at radius 2 is 1.22 bits per heavy atom. The minimum absolute atomic E-state index is 0.0622. The van der Waals surface area contributed by atoms with E-state index in [4.69, 9.17) is 9.47 Å². The number of carbonyl (C=O) groups is 2. The van der Waals surface area contributed by atoms with Crippen molar-refractivity contribution in [3.63, 3.8) is 0 Å². The summed E-state index contributed by atoms with van der Waals surface area (Å²) in [4.78, 5) is 27.2. The molecule has 0 aliphatic heterocycles. The highest BCUT2D eigenvalue weighted by Crippen LogP contribution is 2.55. The van der Waals surface area contributed by atoms with Crippen molar-refractivity contribution < 1.29 is 50.0 Å². The van der Waals surface area contributed by atoms with Gasteiger partial charge in [-0.1, -0.05) is 23.1 Å². The van der Waals surface area contributed by atoms with Gasteiger partial charge in [-0.3, -0.25) is 4.79 Å². The van der Waals surface area contributed by atoms with E-state index in [0.717, 1.165) is 0 Å². The molecule has 2 aromatic carbocycles. The van der Waals surface area contributed by atoms with Gasteiger partial charge < -0.3 is 9.47 Å². The van der Waals surface area contributed by atoms with Crippen LogP contribution in [-0.2, 0) is 16.9 Å². The van der Waals surface area contributed by atoms with E-state index in [-0.39, 0.29) is 42.7 Å². The van der Waals surface area contributed by atoms with Crippen LogP contribution in [-0.4, -0.2) is 30.7 Å². The van der Waals surface area contributed by atoms with Crippen LogP contribution in [0.4, 0.5) is 26.3 Å². The number of ketones is 1. The van der Waals surface area contributed by atoms with Crippen LogP contribution in [0.25, 0.3) is 0 Å². The van der Waals surface area contributed by atoms with Crippen molar-refractivity contribution in [3.05, 3.63) is 58.7 Å². The molecule has 0 aromatic heterocycles. The molecule has 0 heterocycles. The number of hydrogen-bond acceptors (Lipinski definition) is 5. The van der Waals surface area contributed by atoms with Gasteiger partial charge >= 0.3 is 25.7 Å². The van der Waals surface area contributed by atoms with Crippen LogP contribution < -0.4 is 9.47 Å². The molecule has 1 aliphatic rings. The van der Waals surface area contributed by atoms with Gasteiger partial charge in [0.05, 0.1) is 25.3 Å². The number of Topliss-reactive ketones (excluding diaryl/α,β-unsaturated/α-hetero) is 1. The van der Waals surface area contributed by atoms with Crippen molar-refractivity contribution in [2.75, 3.05) is 14.2 Å². The summed E-state index contributed by atoms with van der Waals surface area (Å²) in [5.74, 6) is -1.73. The molecule has 194 valence electrons. The lowest BCUT2D eigenvalue weighted by Crippen LogP contribution is -2.41. The third kappa shape index (κ3) is 4.98. The maximum atomic E-state index is 13.8. The molecule has 1 fully saturated rings. The normalized spacial score (nSPS) is 16.3. The van der Waals surface area contributed by atoms with Gasteiger partial charge in [0, 0.05) is 18.4 Å². The van der Waals surface area contributed by atoms with E-state index in [2.05, 4.69) is 0 Å². The van der Waals surface area contributed by atoms with Crippen LogP contribution in [0.5, 0.6) is 11.5 Å². The Morgan fingerprint density at radius 1 is 0.778 bits per heavy atom. The van der Waals surface area contributed by atoms with Crippen molar-refractivity contribution >= 4 is 19.1 Å². The van der Waals surface area contributed by atoms with Gasteiger partial charge in [0.2, 0.25) is 10.9 Å². The second-order valence-corrected chi connectivity index (χ2v) is 10.1. The lowest BCUT2D eigenvalue weighted by molar-refractivity contribution is -0.143. The van der Waals surface area contributed by atoms with E-state index in [9.17, 15) is 40.5 Å². The molecule has 1 saturated carbocycles. The zero-order valence-corrected chi connectivity index (χ0v) is 20.2. The monoisotopic (exact) mass is 535 g/mol. The summed E-state index contributed by atoms with van der Waals surface area (Å²) in [6.45, 7) is 0. The molecule has 1 unspecified atom stereocenters. The molecule has 0 N–H and O–H groups in total. The number of rotatable bonds is 7. The molecule has 0 saturated heterocycles. The summed E-state index contributed by atoms with van der Waals surface area (Å²) in [5, 5.41) is -2.27. The van der Waals surface area contributed by atoms with Gasteiger partial charge in [-0.05, 0) is 37.1 Å². The fraction of sp³-hybridized carbons (Fsp3) is 0.417. The number of ether oxygens (including phenoxy) is 2. The average Bonchev–Trinajstić information content (AvgIpc) is 2.85. The predicted molar refractivity (Wildman–Crippen MR) is 118 cm³/mol. The van der Waals surface area contributed by atoms with Gasteiger partial charge in [0.25, 0.3) is 0 Å². The number of alkyl halides is 6. The number of methoxy groups -OCH3 is 2. The number of hydrogen-bond donors (Lipinski definition) is 0. The third-order valence-corrected chi connectivity index (χ3v) is 8.24. The first-order valence-electron chi connectivity index (χ1n) is 10.8. The molecule has 2 aromatic rings. The molecule has 5 nitrogen and oxygen atoms in total. The van der Waals surface area contributed by atoms with Gasteiger partial charge in [0.15, 0.2) is 5.56 Å². The number of benzene rings is 2. The Balaban J connectivity index is 2.26. The molecular weight excluding hydrogens is 513 g/mol. The van der Waals surface area contributed by atoms with Crippen LogP contribution in [0.2, 0.25) is 0 Å². The quantitative estimate of drug-likeness (QED) is 0.212. The van der Waals surface area contributed by atoms with Gasteiger partial charge in [-0.15, -0.1) is 0 Å². The molecular formula is C24H22F6O5P+. The van der Waals surface area contributed by atoms with Gasteiger partial charge in [-0.2, -0.15) is 26.3 Å². The molecule has 12 heteroatoms. The molecule has 0 bridgehead atoms. The van der Waals surface area contributed by atoms with E-state index in [0.29, 0.717) is 24.6 Å². The second-order valence-electron chi connectivity index (χ2n) is 8.28. The molecule has 1 aliphatic carbocycles. The van der Waals surface area contributed by atoms with Gasteiger partial charge in [0.1, 0.15) is 11.5 Å². The number of halogens is 6. The standard InChI is InChI=1S/C24H22F6O5P/c1-34-16-10-7-11-17(35-2)19(16)21(32)36(33)22(12-4-3-5-13-22)20(31)18-14(23(25,26)27)8-6-9-15(18)24(28,29)30/h6-11H,3-5,12-13H2,1-2H3/q+1. The Hall–Kier alpha value is -2.94. The SMILES string of the molecule is COc1cccc(OC)c1C(=O)[P+](=O)C1(C(=O)c2c(C(F)(F)F)cccc2C(F)(F)F)CCCCC1. The first-order valence-corrected chi connectivity index (χ1v) is 12.1. The Kier molecular flexibility index (Phi) is 7.83. The van der Waals surface area contributed by atoms with Gasteiger partial charge in [-0.25, -0.2) is 4.79 Å². The van der Waals surface area contributed by atoms with Crippen molar-refractivity contribution in [2.45, 2.75) is 49.6 Å². The maximum Gasteiger partial charge on any atom is 0.434 e. The highest BCUT2D eigenvalue weighted by molar-refractivity contribution is 7.67. The zero-order chi connectivity index (χ0) is 26.9. The van der Waals surface area contributed by atoms with Crippen LogP contribution in [0.15, 0.2) is 36.4 Å². The van der Waals surface area contributed by atoms with E-state index in [1.54, 1.807) is 0 Å². The lowest BCUT2D eigenvalue weighted by atomic mass is 9.80. The topological polar surface area (TPSA) is 69.7 Å². The summed E-state index contributed by atoms with van der Waals surface area (Å²) < 4.78 is 107. The molecule has 3 rings (SSSR count). The molecule has 0 spiro atoms. The zero-order valence-electron chi connectivity index (χ0n) is 19.3. The van der Waals surface area contributed by atoms with Crippen LogP contribution in [0, 0.1) is 0 Å². The second kappa shape index (κ2) is 10.2. The summed E-state index contributed by atoms with van der Waals surface area (Å²) in [6, 6.07) is 5.48. The first kappa shape index (κ1) is 27.6. The third-order valence-electron chi connectivity index (χ3n) is 6.22. The van der Waals surface area contributed by atoms with Crippen LogP contribution >= 0.6 is 7.80 Å². The fourth-order valence-corrected chi connectivity index (χ4v) is 6.35. The minimum Gasteiger partial charge on any atom is -0.496 e. The Labute approximate surface area is 203 Å². The predicted octanol–water partition coefficient (Wildman–Crippen LogP) is 7.29.